The zero-order valence-electron chi connectivity index (χ0n) is 19.5. The molecule has 174 valence electrons. The lowest BCUT2D eigenvalue weighted by Gasteiger charge is -2.13. The van der Waals surface area contributed by atoms with Crippen LogP contribution in [0.2, 0.25) is 5.02 Å². The van der Waals surface area contributed by atoms with Crippen molar-refractivity contribution in [1.29, 1.82) is 0 Å². The normalized spacial score (nSPS) is 11.9. The zero-order valence-corrected chi connectivity index (χ0v) is 21.1. The highest BCUT2D eigenvalue weighted by Crippen LogP contribution is 2.31. The molecule has 0 unspecified atom stereocenters. The molecule has 0 aliphatic carbocycles. The number of hydrogen-bond donors (Lipinski definition) is 2. The molecular formula is C27H26ClN3O2S. The summed E-state index contributed by atoms with van der Waals surface area (Å²) in [5.74, 6) is 0.662. The molecule has 3 aromatic carbocycles. The van der Waals surface area contributed by atoms with Crippen LogP contribution in [0.25, 0.3) is 22.6 Å². The van der Waals surface area contributed by atoms with Gasteiger partial charge in [0, 0.05) is 11.1 Å². The second-order valence-electron chi connectivity index (χ2n) is 8.48. The number of aryl methyl sites for hydroxylation is 2. The molecule has 34 heavy (non-hydrogen) atoms. The number of amides is 1. The summed E-state index contributed by atoms with van der Waals surface area (Å²) in [6, 6.07) is 17.1. The molecule has 1 aromatic heterocycles. The molecule has 1 heterocycles. The number of benzene rings is 3. The topological polar surface area (TPSA) is 67.2 Å². The Morgan fingerprint density at radius 3 is 2.65 bits per heavy atom. The minimum absolute atomic E-state index is 0.153. The van der Waals surface area contributed by atoms with Crippen molar-refractivity contribution in [2.75, 3.05) is 5.32 Å². The number of carbonyl (C=O) groups excluding carboxylic acids is 1. The van der Waals surface area contributed by atoms with Crippen molar-refractivity contribution in [2.24, 2.45) is 0 Å². The Hall–Kier alpha value is -3.22. The van der Waals surface area contributed by atoms with Gasteiger partial charge in [-0.15, -0.1) is 0 Å². The summed E-state index contributed by atoms with van der Waals surface area (Å²) in [6.45, 7) is 8.24. The van der Waals surface area contributed by atoms with Crippen LogP contribution in [-0.2, 0) is 0 Å². The van der Waals surface area contributed by atoms with Crippen LogP contribution in [0.3, 0.4) is 0 Å². The summed E-state index contributed by atoms with van der Waals surface area (Å²) in [4.78, 5) is 17.3. The smallest absolute Gasteiger partial charge is 0.257 e. The van der Waals surface area contributed by atoms with Gasteiger partial charge in [0.25, 0.3) is 5.91 Å². The van der Waals surface area contributed by atoms with Crippen LogP contribution in [0.5, 0.6) is 0 Å². The first-order chi connectivity index (χ1) is 16.2. The molecule has 0 aliphatic rings. The molecule has 1 atom stereocenters. The fourth-order valence-corrected chi connectivity index (χ4v) is 4.12. The fourth-order valence-electron chi connectivity index (χ4n) is 3.76. The Labute approximate surface area is 209 Å². The van der Waals surface area contributed by atoms with Gasteiger partial charge >= 0.3 is 0 Å². The van der Waals surface area contributed by atoms with Crippen LogP contribution in [0.15, 0.2) is 59.0 Å². The van der Waals surface area contributed by atoms with Crippen LogP contribution < -0.4 is 10.6 Å². The van der Waals surface area contributed by atoms with E-state index < -0.39 is 0 Å². The van der Waals surface area contributed by atoms with E-state index in [2.05, 4.69) is 41.6 Å². The van der Waals surface area contributed by atoms with E-state index in [0.29, 0.717) is 28.1 Å². The van der Waals surface area contributed by atoms with E-state index in [-0.39, 0.29) is 11.0 Å². The number of rotatable bonds is 5. The highest BCUT2D eigenvalue weighted by molar-refractivity contribution is 7.80. The molecule has 0 radical (unpaired) electrons. The first-order valence-electron chi connectivity index (χ1n) is 11.1. The number of thiocarbonyl (C=S) groups is 1. The Kier molecular flexibility index (Phi) is 7.00. The maximum absolute atomic E-state index is 12.7. The van der Waals surface area contributed by atoms with Gasteiger partial charge in [-0.05, 0) is 85.9 Å². The summed E-state index contributed by atoms with van der Waals surface area (Å²) in [7, 11) is 0. The van der Waals surface area contributed by atoms with E-state index in [1.54, 1.807) is 18.2 Å². The van der Waals surface area contributed by atoms with Crippen molar-refractivity contribution in [3.63, 3.8) is 0 Å². The first-order valence-corrected chi connectivity index (χ1v) is 11.9. The number of aromatic nitrogens is 1. The molecule has 0 spiro atoms. The third-order valence-electron chi connectivity index (χ3n) is 5.91. The molecule has 0 saturated carbocycles. The Morgan fingerprint density at radius 2 is 1.91 bits per heavy atom. The van der Waals surface area contributed by atoms with E-state index in [9.17, 15) is 4.79 Å². The molecule has 1 amide bonds. The van der Waals surface area contributed by atoms with Gasteiger partial charge in [0.15, 0.2) is 10.7 Å². The lowest BCUT2D eigenvalue weighted by molar-refractivity contribution is 0.0977. The van der Waals surface area contributed by atoms with Crippen LogP contribution in [0.4, 0.5) is 5.69 Å². The summed E-state index contributed by atoms with van der Waals surface area (Å²) < 4.78 is 5.98. The van der Waals surface area contributed by atoms with E-state index in [4.69, 9.17) is 28.2 Å². The minimum atomic E-state index is -0.279. The van der Waals surface area contributed by atoms with Crippen LogP contribution in [-0.4, -0.2) is 16.0 Å². The highest BCUT2D eigenvalue weighted by Gasteiger charge is 2.15. The van der Waals surface area contributed by atoms with Gasteiger partial charge in [-0.3, -0.25) is 10.1 Å². The lowest BCUT2D eigenvalue weighted by atomic mass is 9.98. The van der Waals surface area contributed by atoms with Crippen LogP contribution >= 0.6 is 23.8 Å². The van der Waals surface area contributed by atoms with Gasteiger partial charge in [0.1, 0.15) is 5.52 Å². The van der Waals surface area contributed by atoms with Gasteiger partial charge in [-0.25, -0.2) is 4.98 Å². The number of hydrogen-bond acceptors (Lipinski definition) is 4. The van der Waals surface area contributed by atoms with E-state index in [0.717, 1.165) is 34.2 Å². The molecule has 4 rings (SSSR count). The summed E-state index contributed by atoms with van der Waals surface area (Å²) in [5, 5.41) is 6.35. The van der Waals surface area contributed by atoms with Gasteiger partial charge in [-0.1, -0.05) is 49.2 Å². The maximum atomic E-state index is 12.7. The third-order valence-corrected chi connectivity index (χ3v) is 6.44. The van der Waals surface area contributed by atoms with Crippen LogP contribution in [0, 0.1) is 13.8 Å². The molecule has 7 heteroatoms. The molecule has 5 nitrogen and oxygen atoms in total. The van der Waals surface area contributed by atoms with Crippen molar-refractivity contribution < 1.29 is 9.21 Å². The molecule has 2 N–H and O–H groups in total. The second-order valence-corrected chi connectivity index (χ2v) is 9.29. The van der Waals surface area contributed by atoms with Crippen LogP contribution in [0.1, 0.15) is 53.2 Å². The van der Waals surface area contributed by atoms with Gasteiger partial charge in [0.05, 0.1) is 10.7 Å². The monoisotopic (exact) mass is 491 g/mol. The number of nitrogens with one attached hydrogen (secondary N) is 2. The predicted molar refractivity (Wildman–Crippen MR) is 143 cm³/mol. The number of oxazole rings is 1. The molecule has 0 bridgehead atoms. The Balaban J connectivity index is 1.54. The quantitative estimate of drug-likeness (QED) is 0.284. The average molecular weight is 492 g/mol. The van der Waals surface area contributed by atoms with Crippen molar-refractivity contribution >= 4 is 51.6 Å². The summed E-state index contributed by atoms with van der Waals surface area (Å²) >= 11 is 11.8. The summed E-state index contributed by atoms with van der Waals surface area (Å²) in [5.41, 5.74) is 6.61. The van der Waals surface area contributed by atoms with Gasteiger partial charge in [0.2, 0.25) is 5.89 Å². The SMILES string of the molecule is CC[C@H](C)c1ccc2oc(-c3ccc(Cl)c(NC(=S)NC(=O)c4ccc(C)cc4C)c3)nc2c1. The average Bonchev–Trinajstić information content (AvgIpc) is 3.23. The Morgan fingerprint density at radius 1 is 1.12 bits per heavy atom. The minimum Gasteiger partial charge on any atom is -0.436 e. The number of halogens is 1. The highest BCUT2D eigenvalue weighted by atomic mass is 35.5. The van der Waals surface area contributed by atoms with Crippen molar-refractivity contribution in [3.05, 3.63) is 81.9 Å². The fraction of sp³-hybridized carbons (Fsp3) is 0.222. The molecule has 4 aromatic rings. The molecule has 0 saturated heterocycles. The van der Waals surface area contributed by atoms with Crippen molar-refractivity contribution in [3.8, 4) is 11.5 Å². The number of carbonyl (C=O) groups is 1. The summed E-state index contributed by atoms with van der Waals surface area (Å²) in [6.07, 6.45) is 1.06. The largest absolute Gasteiger partial charge is 0.436 e. The lowest BCUT2D eigenvalue weighted by Crippen LogP contribution is -2.34. The van der Waals surface area contributed by atoms with E-state index >= 15 is 0 Å². The first kappa shape index (κ1) is 23.9. The number of fused-ring (bicyclic) bond motifs is 1. The number of nitrogens with zero attached hydrogens (tertiary/aromatic N) is 1. The second kappa shape index (κ2) is 9.95. The maximum Gasteiger partial charge on any atom is 0.257 e. The number of anilines is 1. The van der Waals surface area contributed by atoms with E-state index in [1.807, 2.05) is 38.1 Å². The third kappa shape index (κ3) is 5.13. The van der Waals surface area contributed by atoms with Crippen molar-refractivity contribution in [1.82, 2.24) is 10.3 Å². The molecule has 0 fully saturated rings. The van der Waals surface area contributed by atoms with Crippen molar-refractivity contribution in [2.45, 2.75) is 40.0 Å². The standard InChI is InChI=1S/C27H26ClN3O2S/c1-5-16(3)18-8-11-24-23(13-18)29-26(33-24)19-7-10-21(28)22(14-19)30-27(34)31-25(32)20-9-6-15(2)12-17(20)4/h6-14,16H,5H2,1-4H3,(H2,30,31,32,34)/t16-/m0/s1. The molecule has 0 aliphatic heterocycles. The zero-order chi connectivity index (χ0) is 24.4. The Bertz CT molecular complexity index is 1400. The predicted octanol–water partition coefficient (Wildman–Crippen LogP) is 7.41. The molecular weight excluding hydrogens is 466 g/mol. The van der Waals surface area contributed by atoms with E-state index in [1.165, 1.54) is 5.56 Å². The van der Waals surface area contributed by atoms with Gasteiger partial charge in [-0.2, -0.15) is 0 Å². The van der Waals surface area contributed by atoms with Gasteiger partial charge < -0.3 is 9.73 Å².